The van der Waals surface area contributed by atoms with Crippen molar-refractivity contribution in [1.82, 2.24) is 0 Å². The maximum atomic E-state index is 14.1. The van der Waals surface area contributed by atoms with Crippen LogP contribution in [-0.4, -0.2) is 34.3 Å². The molecule has 3 fully saturated rings. The van der Waals surface area contributed by atoms with Gasteiger partial charge in [-0.05, 0) is 74.3 Å². The number of rotatable bonds is 3. The van der Waals surface area contributed by atoms with E-state index in [1.807, 2.05) is 6.08 Å². The Morgan fingerprint density at radius 3 is 2.59 bits per heavy atom. The Balaban J connectivity index is 1.52. The molecular formula is C28H34F4O2. The minimum atomic E-state index is -4.78. The highest BCUT2D eigenvalue weighted by Crippen LogP contribution is 2.67. The number of hydrogen-bond acceptors (Lipinski definition) is 2. The average Bonchev–Trinajstić information content (AvgIpc) is 3.41. The second-order valence-corrected chi connectivity index (χ2v) is 11.0. The van der Waals surface area contributed by atoms with Crippen molar-refractivity contribution in [3.8, 4) is 11.8 Å². The van der Waals surface area contributed by atoms with Gasteiger partial charge >= 0.3 is 6.18 Å². The summed E-state index contributed by atoms with van der Waals surface area (Å²) in [6.07, 6.45) is 6.14. The molecule has 4 aliphatic rings. The Hall–Kier alpha value is -1.84. The van der Waals surface area contributed by atoms with Crippen molar-refractivity contribution >= 4 is 0 Å². The molecular weight excluding hydrogens is 444 g/mol. The summed E-state index contributed by atoms with van der Waals surface area (Å²) in [6, 6.07) is 0. The number of fused-ring (bicyclic) bond motifs is 1. The first-order chi connectivity index (χ1) is 15.8. The van der Waals surface area contributed by atoms with Gasteiger partial charge in [-0.2, -0.15) is 13.2 Å². The van der Waals surface area contributed by atoms with Crippen LogP contribution in [-0.2, 0) is 0 Å². The Bertz CT molecular complexity index is 1000. The quantitative estimate of drug-likeness (QED) is 0.276. The van der Waals surface area contributed by atoms with Gasteiger partial charge < -0.3 is 10.2 Å². The minimum absolute atomic E-state index is 0.0704. The first-order valence-electron chi connectivity index (χ1n) is 12.2. The molecule has 0 bridgehead atoms. The lowest BCUT2D eigenvalue weighted by Crippen LogP contribution is -2.40. The smallest absolute Gasteiger partial charge is 0.393 e. The summed E-state index contributed by atoms with van der Waals surface area (Å²) in [5.41, 5.74) is 0.576. The van der Waals surface area contributed by atoms with Crippen molar-refractivity contribution in [2.24, 2.45) is 16.7 Å². The molecule has 3 saturated carbocycles. The highest BCUT2D eigenvalue weighted by Gasteiger charge is 2.56. The summed E-state index contributed by atoms with van der Waals surface area (Å²) in [5, 5.41) is 19.6. The zero-order valence-corrected chi connectivity index (χ0v) is 19.9. The van der Waals surface area contributed by atoms with Gasteiger partial charge in [0.15, 0.2) is 0 Å². The standard InChI is InChI=1S/C28H34F4O2/c1-18-20(16-21(33)17-23(18)29)8-7-19-6-4-11-25(2)22(19)9-10-24(25)27(14-15-27)13-5-12-26(3,34)28(30,31)32/h7-8,10,21-23,33-34H,1,4,6,9,11,13-17H2,2-3H3/b19-7+,20-8-/t21?,22?,23-,25-,26?/m0/s1. The fraction of sp³-hybridized carbons (Fsp3) is 0.643. The van der Waals surface area contributed by atoms with Gasteiger partial charge in [0.1, 0.15) is 6.17 Å². The summed E-state index contributed by atoms with van der Waals surface area (Å²) in [7, 11) is 0. The van der Waals surface area contributed by atoms with E-state index >= 15 is 0 Å². The maximum Gasteiger partial charge on any atom is 0.428 e. The monoisotopic (exact) mass is 478 g/mol. The van der Waals surface area contributed by atoms with Crippen molar-refractivity contribution in [1.29, 1.82) is 0 Å². The number of aliphatic hydroxyl groups excluding tert-OH is 1. The van der Waals surface area contributed by atoms with Crippen LogP contribution in [0.1, 0.15) is 71.6 Å². The van der Waals surface area contributed by atoms with E-state index in [0.29, 0.717) is 31.3 Å². The van der Waals surface area contributed by atoms with E-state index in [0.717, 1.165) is 44.1 Å². The number of allylic oxidation sites excluding steroid dienone is 6. The fourth-order valence-electron chi connectivity index (χ4n) is 6.22. The number of halogens is 4. The van der Waals surface area contributed by atoms with Crippen molar-refractivity contribution < 1.29 is 27.8 Å². The Morgan fingerprint density at radius 1 is 1.24 bits per heavy atom. The Labute approximate surface area is 199 Å². The molecule has 0 heterocycles. The van der Waals surface area contributed by atoms with Crippen LogP contribution >= 0.6 is 0 Å². The van der Waals surface area contributed by atoms with Gasteiger partial charge in [0.05, 0.1) is 6.10 Å². The molecule has 6 heteroatoms. The third-order valence-corrected chi connectivity index (χ3v) is 8.51. The Kier molecular flexibility index (Phi) is 6.44. The summed E-state index contributed by atoms with van der Waals surface area (Å²) in [4.78, 5) is 0. The second kappa shape index (κ2) is 8.68. The molecule has 0 aromatic carbocycles. The van der Waals surface area contributed by atoms with Crippen molar-refractivity contribution in [2.75, 3.05) is 0 Å². The second-order valence-electron chi connectivity index (χ2n) is 11.0. The predicted molar refractivity (Wildman–Crippen MR) is 124 cm³/mol. The van der Waals surface area contributed by atoms with E-state index in [1.165, 1.54) is 11.1 Å². The van der Waals surface area contributed by atoms with Gasteiger partial charge in [-0.25, -0.2) is 4.39 Å². The SMILES string of the molecule is C=C1/C(=C\C=C2/CCC[C@]3(C)C(C4(CC#CC(C)(O)C(F)(F)F)CC4)=CCC23)CC(O)C[C@@H]1F. The highest BCUT2D eigenvalue weighted by atomic mass is 19.4. The molecule has 34 heavy (non-hydrogen) atoms. The summed E-state index contributed by atoms with van der Waals surface area (Å²) >= 11 is 0. The summed E-state index contributed by atoms with van der Waals surface area (Å²) in [6.45, 7) is 6.83. The van der Waals surface area contributed by atoms with Crippen LogP contribution in [0.2, 0.25) is 0 Å². The molecule has 0 aliphatic heterocycles. The highest BCUT2D eigenvalue weighted by molar-refractivity contribution is 5.42. The molecule has 0 radical (unpaired) electrons. The Morgan fingerprint density at radius 2 is 1.94 bits per heavy atom. The van der Waals surface area contributed by atoms with Crippen molar-refractivity contribution in [3.05, 3.63) is 47.1 Å². The predicted octanol–water partition coefficient (Wildman–Crippen LogP) is 6.51. The van der Waals surface area contributed by atoms with Gasteiger partial charge in [0.2, 0.25) is 5.60 Å². The van der Waals surface area contributed by atoms with E-state index in [-0.39, 0.29) is 17.3 Å². The average molecular weight is 479 g/mol. The van der Waals surface area contributed by atoms with Gasteiger partial charge in [0.25, 0.3) is 0 Å². The van der Waals surface area contributed by atoms with E-state index in [9.17, 15) is 27.8 Å². The first-order valence-corrected chi connectivity index (χ1v) is 12.2. The van der Waals surface area contributed by atoms with Crippen LogP contribution in [0.25, 0.3) is 0 Å². The molecule has 5 atom stereocenters. The molecule has 4 rings (SSSR count). The molecule has 4 aliphatic carbocycles. The molecule has 0 aromatic heterocycles. The zero-order valence-electron chi connectivity index (χ0n) is 19.9. The minimum Gasteiger partial charge on any atom is -0.393 e. The van der Waals surface area contributed by atoms with Crippen LogP contribution in [0.3, 0.4) is 0 Å². The van der Waals surface area contributed by atoms with E-state index < -0.39 is 24.1 Å². The van der Waals surface area contributed by atoms with Crippen LogP contribution < -0.4 is 0 Å². The third kappa shape index (κ3) is 4.54. The van der Waals surface area contributed by atoms with Crippen LogP contribution in [0.15, 0.2) is 47.1 Å². The molecule has 0 spiro atoms. The fourth-order valence-corrected chi connectivity index (χ4v) is 6.22. The molecule has 0 amide bonds. The first kappa shape index (κ1) is 25.3. The topological polar surface area (TPSA) is 40.5 Å². The largest absolute Gasteiger partial charge is 0.428 e. The van der Waals surface area contributed by atoms with Gasteiger partial charge in [-0.15, -0.1) is 0 Å². The normalized spacial score (nSPS) is 37.0. The third-order valence-electron chi connectivity index (χ3n) is 8.51. The molecule has 0 saturated heterocycles. The molecule has 3 unspecified atom stereocenters. The lowest BCUT2D eigenvalue weighted by Gasteiger charge is -2.43. The number of aliphatic hydroxyl groups is 2. The van der Waals surface area contributed by atoms with Crippen molar-refractivity contribution in [3.63, 3.8) is 0 Å². The number of alkyl halides is 4. The lowest BCUT2D eigenvalue weighted by atomic mass is 9.61. The summed E-state index contributed by atoms with van der Waals surface area (Å²) in [5.74, 6) is 5.02. The van der Waals surface area contributed by atoms with Crippen LogP contribution in [0, 0.1) is 28.6 Å². The zero-order chi connectivity index (χ0) is 24.9. The van der Waals surface area contributed by atoms with E-state index in [4.69, 9.17) is 0 Å². The number of hydrogen-bond donors (Lipinski definition) is 2. The van der Waals surface area contributed by atoms with Crippen LogP contribution in [0.4, 0.5) is 17.6 Å². The molecule has 2 nitrogen and oxygen atoms in total. The molecule has 186 valence electrons. The van der Waals surface area contributed by atoms with Gasteiger partial charge in [-0.1, -0.05) is 54.7 Å². The van der Waals surface area contributed by atoms with E-state index in [1.54, 1.807) is 0 Å². The lowest BCUT2D eigenvalue weighted by molar-refractivity contribution is -0.228. The van der Waals surface area contributed by atoms with Gasteiger partial charge in [-0.3, -0.25) is 0 Å². The molecule has 0 aromatic rings. The van der Waals surface area contributed by atoms with Crippen molar-refractivity contribution in [2.45, 2.75) is 95.7 Å². The van der Waals surface area contributed by atoms with Crippen LogP contribution in [0.5, 0.6) is 0 Å². The molecule has 2 N–H and O–H groups in total. The maximum absolute atomic E-state index is 14.1. The van der Waals surface area contributed by atoms with E-state index in [2.05, 4.69) is 37.5 Å². The summed E-state index contributed by atoms with van der Waals surface area (Å²) < 4.78 is 53.0. The van der Waals surface area contributed by atoms with Gasteiger partial charge in [0, 0.05) is 18.3 Å².